The van der Waals surface area contributed by atoms with E-state index >= 15 is 0 Å². The number of aromatic nitrogens is 3. The summed E-state index contributed by atoms with van der Waals surface area (Å²) in [5, 5.41) is 13.3. The van der Waals surface area contributed by atoms with Gasteiger partial charge in [-0.2, -0.15) is 5.10 Å². The summed E-state index contributed by atoms with van der Waals surface area (Å²) in [6.45, 7) is 5.86. The summed E-state index contributed by atoms with van der Waals surface area (Å²) in [6.07, 6.45) is 2.93. The summed E-state index contributed by atoms with van der Waals surface area (Å²) in [4.78, 5) is 14.8. The number of aromatic carboxylic acids is 1. The molecule has 1 N–H and O–H groups in total. The quantitative estimate of drug-likeness (QED) is 0.857. The molecule has 5 nitrogen and oxygen atoms in total. The van der Waals surface area contributed by atoms with Crippen LogP contribution in [0.15, 0.2) is 18.5 Å². The molecule has 2 aromatic rings. The molecule has 0 atom stereocenters. The van der Waals surface area contributed by atoms with Gasteiger partial charge >= 0.3 is 5.97 Å². The van der Waals surface area contributed by atoms with Gasteiger partial charge in [0.1, 0.15) is 0 Å². The van der Waals surface area contributed by atoms with Crippen LogP contribution in [-0.2, 0) is 0 Å². The first-order chi connectivity index (χ1) is 8.00. The van der Waals surface area contributed by atoms with Crippen molar-refractivity contribution in [1.82, 2.24) is 14.8 Å². The first kappa shape index (κ1) is 11.3. The molecule has 0 amide bonds. The molecule has 0 unspecified atom stereocenters. The van der Waals surface area contributed by atoms with Crippen LogP contribution in [0.25, 0.3) is 5.69 Å². The molecule has 88 valence electrons. The molecule has 0 aromatic carbocycles. The molecule has 0 bridgehead atoms. The van der Waals surface area contributed by atoms with Crippen LogP contribution >= 0.6 is 0 Å². The molecular weight excluding hydrogens is 218 g/mol. The normalized spacial score (nSPS) is 10.5. The SMILES string of the molecule is Cc1nn(-c2cncc(C(=O)O)c2)c(C)c1C. The first-order valence-electron chi connectivity index (χ1n) is 5.22. The third-order valence-corrected chi connectivity index (χ3v) is 2.87. The van der Waals surface area contributed by atoms with Crippen molar-refractivity contribution in [2.45, 2.75) is 20.8 Å². The lowest BCUT2D eigenvalue weighted by atomic mass is 10.2. The molecule has 0 aliphatic heterocycles. The Bertz CT molecular complexity index is 587. The molecule has 2 heterocycles. The van der Waals surface area contributed by atoms with E-state index in [2.05, 4.69) is 10.1 Å². The summed E-state index contributed by atoms with van der Waals surface area (Å²) in [7, 11) is 0. The summed E-state index contributed by atoms with van der Waals surface area (Å²) >= 11 is 0. The maximum Gasteiger partial charge on any atom is 0.337 e. The van der Waals surface area contributed by atoms with Gasteiger partial charge in [-0.25, -0.2) is 9.48 Å². The van der Waals surface area contributed by atoms with Crippen LogP contribution in [0, 0.1) is 20.8 Å². The zero-order chi connectivity index (χ0) is 12.6. The van der Waals surface area contributed by atoms with Gasteiger partial charge in [-0.3, -0.25) is 4.98 Å². The highest BCUT2D eigenvalue weighted by atomic mass is 16.4. The predicted octanol–water partition coefficient (Wildman–Crippen LogP) is 1.89. The molecular formula is C12H13N3O2. The molecule has 0 saturated heterocycles. The third-order valence-electron chi connectivity index (χ3n) is 2.87. The van der Waals surface area contributed by atoms with E-state index < -0.39 is 5.97 Å². The lowest BCUT2D eigenvalue weighted by molar-refractivity contribution is 0.0696. The first-order valence-corrected chi connectivity index (χ1v) is 5.22. The van der Waals surface area contributed by atoms with Gasteiger partial charge in [-0.05, 0) is 32.4 Å². The second kappa shape index (κ2) is 4.01. The Morgan fingerprint density at radius 3 is 2.53 bits per heavy atom. The Labute approximate surface area is 98.7 Å². The Kier molecular flexibility index (Phi) is 2.67. The van der Waals surface area contributed by atoms with Crippen LogP contribution in [-0.4, -0.2) is 25.8 Å². The van der Waals surface area contributed by atoms with E-state index in [1.54, 1.807) is 16.9 Å². The summed E-state index contributed by atoms with van der Waals surface area (Å²) in [5.74, 6) is -0.988. The third kappa shape index (κ3) is 1.91. The average Bonchev–Trinajstić information content (AvgIpc) is 2.57. The fourth-order valence-electron chi connectivity index (χ4n) is 1.63. The maximum atomic E-state index is 10.9. The number of carboxylic acids is 1. The molecule has 0 radical (unpaired) electrons. The number of carbonyl (C=O) groups is 1. The lowest BCUT2D eigenvalue weighted by Gasteiger charge is -2.04. The van der Waals surface area contributed by atoms with Gasteiger partial charge in [0, 0.05) is 11.9 Å². The van der Waals surface area contributed by atoms with E-state index in [1.165, 1.54) is 6.20 Å². The van der Waals surface area contributed by atoms with Crippen LogP contribution in [0.1, 0.15) is 27.3 Å². The van der Waals surface area contributed by atoms with Gasteiger partial charge in [-0.1, -0.05) is 0 Å². The molecule has 0 fully saturated rings. The molecule has 5 heteroatoms. The molecule has 0 saturated carbocycles. The Morgan fingerprint density at radius 1 is 1.29 bits per heavy atom. The van der Waals surface area contributed by atoms with E-state index in [-0.39, 0.29) is 5.56 Å². The van der Waals surface area contributed by atoms with Crippen molar-refractivity contribution in [2.24, 2.45) is 0 Å². The number of hydrogen-bond acceptors (Lipinski definition) is 3. The molecule has 0 spiro atoms. The van der Waals surface area contributed by atoms with Crippen molar-refractivity contribution < 1.29 is 9.90 Å². The van der Waals surface area contributed by atoms with Crippen molar-refractivity contribution in [3.8, 4) is 5.69 Å². The highest BCUT2D eigenvalue weighted by Crippen LogP contribution is 2.16. The Morgan fingerprint density at radius 2 is 2.00 bits per heavy atom. The molecule has 0 aliphatic rings. The number of aryl methyl sites for hydroxylation is 1. The minimum atomic E-state index is -0.988. The van der Waals surface area contributed by atoms with Gasteiger partial charge in [0.05, 0.1) is 23.1 Å². The smallest absolute Gasteiger partial charge is 0.337 e. The van der Waals surface area contributed by atoms with E-state index in [4.69, 9.17) is 5.11 Å². The standard InChI is InChI=1S/C12H13N3O2/c1-7-8(2)14-15(9(7)3)11-4-10(12(16)17)5-13-6-11/h4-6H,1-3H3,(H,16,17). The molecule has 17 heavy (non-hydrogen) atoms. The maximum absolute atomic E-state index is 10.9. The zero-order valence-corrected chi connectivity index (χ0v) is 9.93. The predicted molar refractivity (Wildman–Crippen MR) is 62.5 cm³/mol. The van der Waals surface area contributed by atoms with Crippen LogP contribution in [0.5, 0.6) is 0 Å². The van der Waals surface area contributed by atoms with Crippen LogP contribution < -0.4 is 0 Å². The van der Waals surface area contributed by atoms with E-state index in [0.717, 1.165) is 17.0 Å². The van der Waals surface area contributed by atoms with E-state index in [1.807, 2.05) is 20.8 Å². The average molecular weight is 231 g/mol. The van der Waals surface area contributed by atoms with E-state index in [9.17, 15) is 4.79 Å². The molecule has 0 aliphatic carbocycles. The topological polar surface area (TPSA) is 68.0 Å². The van der Waals surface area contributed by atoms with Crippen LogP contribution in [0.2, 0.25) is 0 Å². The minimum Gasteiger partial charge on any atom is -0.478 e. The van der Waals surface area contributed by atoms with Crippen LogP contribution in [0.3, 0.4) is 0 Å². The second-order valence-electron chi connectivity index (χ2n) is 3.94. The summed E-state index contributed by atoms with van der Waals surface area (Å²) < 4.78 is 1.71. The largest absolute Gasteiger partial charge is 0.478 e. The Balaban J connectivity index is 2.56. The zero-order valence-electron chi connectivity index (χ0n) is 9.93. The number of pyridine rings is 1. The number of rotatable bonds is 2. The van der Waals surface area contributed by atoms with Gasteiger partial charge < -0.3 is 5.11 Å². The van der Waals surface area contributed by atoms with Crippen molar-refractivity contribution >= 4 is 5.97 Å². The Hall–Kier alpha value is -2.17. The highest BCUT2D eigenvalue weighted by molar-refractivity contribution is 5.87. The van der Waals surface area contributed by atoms with Gasteiger partial charge in [0.2, 0.25) is 0 Å². The monoisotopic (exact) mass is 231 g/mol. The molecule has 2 aromatic heterocycles. The van der Waals surface area contributed by atoms with Gasteiger partial charge in [0.25, 0.3) is 0 Å². The number of carboxylic acid groups (broad SMARTS) is 1. The van der Waals surface area contributed by atoms with Gasteiger partial charge in [0.15, 0.2) is 0 Å². The van der Waals surface area contributed by atoms with Gasteiger partial charge in [-0.15, -0.1) is 0 Å². The number of nitrogens with zero attached hydrogens (tertiary/aromatic N) is 3. The lowest BCUT2D eigenvalue weighted by Crippen LogP contribution is -2.04. The van der Waals surface area contributed by atoms with E-state index in [0.29, 0.717) is 5.69 Å². The fourth-order valence-corrected chi connectivity index (χ4v) is 1.63. The van der Waals surface area contributed by atoms with Crippen molar-refractivity contribution in [2.75, 3.05) is 0 Å². The van der Waals surface area contributed by atoms with Crippen molar-refractivity contribution in [3.05, 3.63) is 41.0 Å². The number of hydrogen-bond donors (Lipinski definition) is 1. The second-order valence-corrected chi connectivity index (χ2v) is 3.94. The van der Waals surface area contributed by atoms with Crippen molar-refractivity contribution in [3.63, 3.8) is 0 Å². The van der Waals surface area contributed by atoms with Crippen LogP contribution in [0.4, 0.5) is 0 Å². The minimum absolute atomic E-state index is 0.160. The summed E-state index contributed by atoms with van der Waals surface area (Å²) in [6, 6.07) is 1.56. The molecule has 2 rings (SSSR count). The summed E-state index contributed by atoms with van der Waals surface area (Å²) in [5.41, 5.74) is 3.85. The highest BCUT2D eigenvalue weighted by Gasteiger charge is 2.11. The van der Waals surface area contributed by atoms with Crippen molar-refractivity contribution in [1.29, 1.82) is 0 Å². The fraction of sp³-hybridized carbons (Fsp3) is 0.250.